The molecule has 1 aromatic carbocycles. The maximum Gasteiger partial charge on any atom is 0.318 e. The molecule has 110 valence electrons. The molecule has 5 heteroatoms. The van der Waals surface area contributed by atoms with Gasteiger partial charge < -0.3 is 20.0 Å². The third-order valence-corrected chi connectivity index (χ3v) is 4.60. The summed E-state index contributed by atoms with van der Waals surface area (Å²) in [5.74, 6) is 0. The van der Waals surface area contributed by atoms with E-state index >= 15 is 0 Å². The highest BCUT2D eigenvalue weighted by Crippen LogP contribution is 2.23. The van der Waals surface area contributed by atoms with Crippen molar-refractivity contribution in [1.82, 2.24) is 15.5 Å². The highest BCUT2D eigenvalue weighted by Gasteiger charge is 2.35. The molecule has 2 unspecified atom stereocenters. The van der Waals surface area contributed by atoms with Crippen LogP contribution in [0.15, 0.2) is 34.9 Å². The van der Waals surface area contributed by atoms with Crippen molar-refractivity contribution in [2.45, 2.75) is 31.5 Å². The second kappa shape index (κ2) is 5.07. The Balaban J connectivity index is 1.43. The van der Waals surface area contributed by atoms with Crippen molar-refractivity contribution in [2.24, 2.45) is 0 Å². The number of furan rings is 1. The van der Waals surface area contributed by atoms with Crippen LogP contribution >= 0.6 is 0 Å². The first kappa shape index (κ1) is 12.7. The largest absolute Gasteiger partial charge is 0.464 e. The van der Waals surface area contributed by atoms with Crippen molar-refractivity contribution in [3.8, 4) is 0 Å². The number of urea groups is 1. The number of piperazine rings is 1. The summed E-state index contributed by atoms with van der Waals surface area (Å²) in [5, 5.41) is 7.56. The van der Waals surface area contributed by atoms with Gasteiger partial charge in [-0.3, -0.25) is 0 Å². The number of para-hydroxylation sites is 1. The van der Waals surface area contributed by atoms with Gasteiger partial charge in [0.2, 0.25) is 0 Å². The van der Waals surface area contributed by atoms with Gasteiger partial charge in [0.25, 0.3) is 0 Å². The van der Waals surface area contributed by atoms with E-state index in [4.69, 9.17) is 4.42 Å². The minimum atomic E-state index is 0.0384. The van der Waals surface area contributed by atoms with Gasteiger partial charge in [-0.25, -0.2) is 4.79 Å². The zero-order valence-electron chi connectivity index (χ0n) is 11.8. The van der Waals surface area contributed by atoms with E-state index in [0.717, 1.165) is 36.0 Å². The average Bonchev–Trinajstić information content (AvgIpc) is 2.97. The first-order valence-electron chi connectivity index (χ1n) is 7.54. The number of benzene rings is 1. The number of piperidine rings is 2. The van der Waals surface area contributed by atoms with Crippen molar-refractivity contribution in [3.05, 3.63) is 36.1 Å². The Bertz CT molecular complexity index is 658. The molecule has 5 rings (SSSR count). The van der Waals surface area contributed by atoms with Gasteiger partial charge in [-0.15, -0.1) is 0 Å². The van der Waals surface area contributed by atoms with Crippen molar-refractivity contribution in [1.29, 1.82) is 0 Å². The van der Waals surface area contributed by atoms with Crippen LogP contribution in [0.1, 0.15) is 18.4 Å². The highest BCUT2D eigenvalue weighted by molar-refractivity contribution is 5.82. The topological polar surface area (TPSA) is 57.5 Å². The van der Waals surface area contributed by atoms with Gasteiger partial charge in [-0.05, 0) is 18.9 Å². The molecule has 0 saturated carbocycles. The van der Waals surface area contributed by atoms with Crippen LogP contribution in [0.4, 0.5) is 4.79 Å². The lowest BCUT2D eigenvalue weighted by atomic mass is 9.93. The number of hydrogen-bond donors (Lipinski definition) is 2. The fourth-order valence-corrected chi connectivity index (χ4v) is 3.40. The maximum atomic E-state index is 12.4. The Morgan fingerprint density at radius 2 is 2.29 bits per heavy atom. The molecule has 3 fully saturated rings. The molecule has 3 saturated heterocycles. The van der Waals surface area contributed by atoms with E-state index in [1.807, 2.05) is 29.2 Å². The summed E-state index contributed by atoms with van der Waals surface area (Å²) in [5.41, 5.74) is 1.89. The van der Waals surface area contributed by atoms with Crippen molar-refractivity contribution >= 4 is 17.0 Å². The Hall–Kier alpha value is -2.01. The number of carbonyl (C=O) groups excluding carboxylic acids is 1. The normalized spacial score (nSPS) is 24.5. The van der Waals surface area contributed by atoms with Crippen LogP contribution < -0.4 is 10.6 Å². The lowest BCUT2D eigenvalue weighted by Gasteiger charge is -2.45. The van der Waals surface area contributed by atoms with Crippen molar-refractivity contribution < 1.29 is 9.21 Å². The molecule has 4 heterocycles. The summed E-state index contributed by atoms with van der Waals surface area (Å²) in [6.45, 7) is 2.26. The Morgan fingerprint density at radius 1 is 1.38 bits per heavy atom. The number of carbonyl (C=O) groups is 1. The van der Waals surface area contributed by atoms with Crippen LogP contribution in [0.25, 0.3) is 11.0 Å². The number of fused-ring (bicyclic) bond motifs is 4. The van der Waals surface area contributed by atoms with E-state index < -0.39 is 0 Å². The molecule has 2 bridgehead atoms. The van der Waals surface area contributed by atoms with E-state index in [-0.39, 0.29) is 6.03 Å². The maximum absolute atomic E-state index is 12.4. The van der Waals surface area contributed by atoms with Gasteiger partial charge in [0, 0.05) is 42.7 Å². The van der Waals surface area contributed by atoms with Crippen LogP contribution in [0.5, 0.6) is 0 Å². The van der Waals surface area contributed by atoms with Gasteiger partial charge in [-0.2, -0.15) is 0 Å². The molecule has 0 spiro atoms. The average molecular weight is 285 g/mol. The second-order valence-electron chi connectivity index (χ2n) is 5.90. The molecule has 2 N–H and O–H groups in total. The van der Waals surface area contributed by atoms with E-state index in [0.29, 0.717) is 18.6 Å². The third kappa shape index (κ3) is 2.27. The molecule has 0 radical (unpaired) electrons. The van der Waals surface area contributed by atoms with Gasteiger partial charge in [-0.1, -0.05) is 18.2 Å². The molecule has 2 atom stereocenters. The molecule has 21 heavy (non-hydrogen) atoms. The lowest BCUT2D eigenvalue weighted by molar-refractivity contribution is 0.0976. The SMILES string of the molecule is O=C(NCc1coc2ccccc12)N1CC2CCC1CN2. The molecule has 1 aromatic heterocycles. The van der Waals surface area contributed by atoms with Crippen LogP contribution in [0, 0.1) is 0 Å². The van der Waals surface area contributed by atoms with Crippen LogP contribution in [-0.4, -0.2) is 36.1 Å². The lowest BCUT2D eigenvalue weighted by Crippen LogP contribution is -2.63. The number of amides is 2. The number of nitrogens with one attached hydrogen (secondary N) is 2. The van der Waals surface area contributed by atoms with Crippen LogP contribution in [0.2, 0.25) is 0 Å². The van der Waals surface area contributed by atoms with Crippen molar-refractivity contribution in [3.63, 3.8) is 0 Å². The molecule has 3 aliphatic rings. The number of nitrogens with zero attached hydrogens (tertiary/aromatic N) is 1. The minimum Gasteiger partial charge on any atom is -0.464 e. The van der Waals surface area contributed by atoms with Gasteiger partial charge in [0.15, 0.2) is 0 Å². The minimum absolute atomic E-state index is 0.0384. The summed E-state index contributed by atoms with van der Waals surface area (Å²) < 4.78 is 5.50. The molecule has 3 aliphatic heterocycles. The highest BCUT2D eigenvalue weighted by atomic mass is 16.3. The van der Waals surface area contributed by atoms with E-state index in [9.17, 15) is 4.79 Å². The van der Waals surface area contributed by atoms with Gasteiger partial charge in [0.05, 0.1) is 6.26 Å². The van der Waals surface area contributed by atoms with Gasteiger partial charge >= 0.3 is 6.03 Å². The predicted octanol–water partition coefficient (Wildman–Crippen LogP) is 2.08. The second-order valence-corrected chi connectivity index (χ2v) is 5.90. The number of rotatable bonds is 2. The molecule has 0 aliphatic carbocycles. The van der Waals surface area contributed by atoms with E-state index in [1.54, 1.807) is 6.26 Å². The predicted molar refractivity (Wildman–Crippen MR) is 80.0 cm³/mol. The Labute approximate surface area is 123 Å². The summed E-state index contributed by atoms with van der Waals surface area (Å²) >= 11 is 0. The zero-order chi connectivity index (χ0) is 14.2. The summed E-state index contributed by atoms with van der Waals surface area (Å²) in [7, 11) is 0. The van der Waals surface area contributed by atoms with Crippen molar-refractivity contribution in [2.75, 3.05) is 13.1 Å². The summed E-state index contributed by atoms with van der Waals surface area (Å²) in [6.07, 6.45) is 4.02. The standard InChI is InChI=1S/C16H19N3O2/c20-16(19-9-12-5-6-13(19)8-17-12)18-7-11-10-21-15-4-2-1-3-14(11)15/h1-4,10,12-13,17H,5-9H2,(H,18,20). The summed E-state index contributed by atoms with van der Waals surface area (Å²) in [6, 6.07) is 8.75. The molecule has 2 aromatic rings. The molecular formula is C16H19N3O2. The van der Waals surface area contributed by atoms with Gasteiger partial charge in [0.1, 0.15) is 5.58 Å². The molecule has 2 amide bonds. The Morgan fingerprint density at radius 3 is 3.05 bits per heavy atom. The fourth-order valence-electron chi connectivity index (χ4n) is 3.40. The molecule has 5 nitrogen and oxygen atoms in total. The van der Waals surface area contributed by atoms with E-state index in [1.165, 1.54) is 6.42 Å². The fraction of sp³-hybridized carbons (Fsp3) is 0.438. The zero-order valence-corrected chi connectivity index (χ0v) is 11.8. The smallest absolute Gasteiger partial charge is 0.318 e. The Kier molecular flexibility index (Phi) is 3.07. The first-order valence-corrected chi connectivity index (χ1v) is 7.54. The third-order valence-electron chi connectivity index (χ3n) is 4.60. The first-order chi connectivity index (χ1) is 10.3. The number of hydrogen-bond acceptors (Lipinski definition) is 3. The summed E-state index contributed by atoms with van der Waals surface area (Å²) in [4.78, 5) is 14.4. The van der Waals surface area contributed by atoms with Crippen LogP contribution in [0.3, 0.4) is 0 Å². The van der Waals surface area contributed by atoms with Crippen LogP contribution in [-0.2, 0) is 6.54 Å². The molecular weight excluding hydrogens is 266 g/mol. The monoisotopic (exact) mass is 285 g/mol. The van der Waals surface area contributed by atoms with E-state index in [2.05, 4.69) is 10.6 Å². The quantitative estimate of drug-likeness (QED) is 0.888.